The molecule has 1 aliphatic rings. The summed E-state index contributed by atoms with van der Waals surface area (Å²) in [5.41, 5.74) is 2.59. The van der Waals surface area contributed by atoms with Crippen LogP contribution in [0.15, 0.2) is 41.3 Å². The van der Waals surface area contributed by atoms with Gasteiger partial charge in [0, 0.05) is 10.7 Å². The number of ether oxygens (including phenoxy) is 2. The van der Waals surface area contributed by atoms with Crippen molar-refractivity contribution in [1.29, 1.82) is 0 Å². The number of methoxy groups -OCH3 is 1. The normalized spacial score (nSPS) is 17.3. The Labute approximate surface area is 180 Å². The van der Waals surface area contributed by atoms with Crippen LogP contribution in [0.5, 0.6) is 11.5 Å². The molecule has 1 amide bonds. The number of anilines is 1. The predicted molar refractivity (Wildman–Crippen MR) is 121 cm³/mol. The number of thioether (sulfide) groups is 1. The van der Waals surface area contributed by atoms with Gasteiger partial charge in [0.05, 0.1) is 18.6 Å². The van der Waals surface area contributed by atoms with Crippen molar-refractivity contribution in [3.63, 3.8) is 0 Å². The highest BCUT2D eigenvalue weighted by atomic mass is 35.5. The third-order valence-electron chi connectivity index (χ3n) is 4.45. The van der Waals surface area contributed by atoms with E-state index in [2.05, 4.69) is 17.6 Å². The minimum atomic E-state index is -0.243. The lowest BCUT2D eigenvalue weighted by atomic mass is 10.2. The molecule has 0 aliphatic carbocycles. The van der Waals surface area contributed by atoms with Gasteiger partial charge in [-0.3, -0.25) is 4.79 Å². The second-order valence-electron chi connectivity index (χ2n) is 6.70. The predicted octanol–water partition coefficient (Wildman–Crippen LogP) is 5.44. The molecule has 3 rings (SSSR count). The lowest BCUT2D eigenvalue weighted by molar-refractivity contribution is -0.116. The largest absolute Gasteiger partial charge is 0.493 e. The Hall–Kier alpha value is -2.31. The van der Waals surface area contributed by atoms with E-state index in [1.165, 1.54) is 11.8 Å². The molecule has 154 valence electrons. The van der Waals surface area contributed by atoms with E-state index in [1.807, 2.05) is 49.4 Å². The van der Waals surface area contributed by atoms with Gasteiger partial charge in [0.15, 0.2) is 17.0 Å². The summed E-state index contributed by atoms with van der Waals surface area (Å²) >= 11 is 7.45. The highest BCUT2D eigenvalue weighted by Crippen LogP contribution is 2.34. The third kappa shape index (κ3) is 5.61. The van der Waals surface area contributed by atoms with Gasteiger partial charge in [-0.15, -0.1) is 0 Å². The first-order valence-electron chi connectivity index (χ1n) is 9.53. The van der Waals surface area contributed by atoms with Crippen LogP contribution >= 0.6 is 23.4 Å². The Bertz CT molecular complexity index is 917. The Morgan fingerprint density at radius 3 is 2.79 bits per heavy atom. The van der Waals surface area contributed by atoms with Gasteiger partial charge in [0.1, 0.15) is 0 Å². The highest BCUT2D eigenvalue weighted by molar-refractivity contribution is 8.05. The van der Waals surface area contributed by atoms with Crippen LogP contribution in [0.4, 0.5) is 5.69 Å². The maximum atomic E-state index is 12.4. The standard InChI is InChI=1S/C22H25ClN2O3S/c1-4-5-10-28-18-9-6-15(12-19(18)27-3)13-20-21(26)25-22(29-20)24-17-8-7-16(23)11-14(17)2/h6-9,11-13,22,24H,4-5,10H2,1-3H3,(H,25,26)/b20-13-. The molecule has 2 aromatic carbocycles. The smallest absolute Gasteiger partial charge is 0.260 e. The quantitative estimate of drug-likeness (QED) is 0.430. The maximum Gasteiger partial charge on any atom is 0.260 e. The molecule has 2 N–H and O–H groups in total. The second kappa shape index (κ2) is 9.94. The number of rotatable bonds is 8. The van der Waals surface area contributed by atoms with Gasteiger partial charge in [0.25, 0.3) is 5.91 Å². The van der Waals surface area contributed by atoms with Gasteiger partial charge < -0.3 is 20.1 Å². The van der Waals surface area contributed by atoms with Crippen molar-refractivity contribution < 1.29 is 14.3 Å². The van der Waals surface area contributed by atoms with E-state index in [4.69, 9.17) is 21.1 Å². The van der Waals surface area contributed by atoms with E-state index in [0.717, 1.165) is 29.7 Å². The SMILES string of the molecule is CCCCOc1ccc(/C=C2\SC(Nc3ccc(Cl)cc3C)NC2=O)cc1OC. The average Bonchev–Trinajstić information content (AvgIpc) is 3.04. The van der Waals surface area contributed by atoms with Gasteiger partial charge in [-0.2, -0.15) is 0 Å². The Morgan fingerprint density at radius 2 is 2.07 bits per heavy atom. The molecule has 1 heterocycles. The molecule has 1 aliphatic heterocycles. The first-order chi connectivity index (χ1) is 14.0. The number of benzene rings is 2. The molecule has 1 atom stereocenters. The summed E-state index contributed by atoms with van der Waals surface area (Å²) in [6.07, 6.45) is 3.92. The fraction of sp³-hybridized carbons (Fsp3) is 0.318. The van der Waals surface area contributed by atoms with Gasteiger partial charge in [0.2, 0.25) is 0 Å². The Balaban J connectivity index is 1.70. The van der Waals surface area contributed by atoms with Crippen LogP contribution in [0.2, 0.25) is 5.02 Å². The molecule has 1 saturated heterocycles. The van der Waals surface area contributed by atoms with Crippen LogP contribution in [-0.4, -0.2) is 25.1 Å². The first kappa shape index (κ1) is 21.4. The van der Waals surface area contributed by atoms with E-state index < -0.39 is 0 Å². The van der Waals surface area contributed by atoms with Gasteiger partial charge in [-0.05, 0) is 60.9 Å². The second-order valence-corrected chi connectivity index (χ2v) is 8.28. The van der Waals surface area contributed by atoms with Crippen LogP contribution in [0.25, 0.3) is 6.08 Å². The summed E-state index contributed by atoms with van der Waals surface area (Å²) in [4.78, 5) is 13.0. The van der Waals surface area contributed by atoms with E-state index in [0.29, 0.717) is 28.0 Å². The van der Waals surface area contributed by atoms with Crippen molar-refractivity contribution in [3.05, 3.63) is 57.5 Å². The summed E-state index contributed by atoms with van der Waals surface area (Å²) in [5, 5.41) is 6.96. The summed E-state index contributed by atoms with van der Waals surface area (Å²) in [5.74, 6) is 1.26. The molecule has 2 aromatic rings. The van der Waals surface area contributed by atoms with E-state index >= 15 is 0 Å². The number of hydrogen-bond donors (Lipinski definition) is 2. The van der Waals surface area contributed by atoms with Crippen molar-refractivity contribution in [2.75, 3.05) is 19.0 Å². The molecule has 0 bridgehead atoms. The third-order valence-corrected chi connectivity index (χ3v) is 5.71. The van der Waals surface area contributed by atoms with Gasteiger partial charge >= 0.3 is 0 Å². The van der Waals surface area contributed by atoms with Crippen LogP contribution < -0.4 is 20.1 Å². The Kier molecular flexibility index (Phi) is 7.34. The number of unbranched alkanes of at least 4 members (excludes halogenated alkanes) is 1. The Morgan fingerprint density at radius 1 is 1.24 bits per heavy atom. The summed E-state index contributed by atoms with van der Waals surface area (Å²) in [6.45, 7) is 4.75. The van der Waals surface area contributed by atoms with E-state index in [9.17, 15) is 4.79 Å². The van der Waals surface area contributed by atoms with Crippen LogP contribution in [0, 0.1) is 6.92 Å². The number of carbonyl (C=O) groups is 1. The number of carbonyl (C=O) groups excluding carboxylic acids is 1. The zero-order chi connectivity index (χ0) is 20.8. The van der Waals surface area contributed by atoms with Crippen LogP contribution in [-0.2, 0) is 4.79 Å². The summed E-state index contributed by atoms with van der Waals surface area (Å²) in [7, 11) is 1.62. The molecule has 0 radical (unpaired) electrons. The van der Waals surface area contributed by atoms with Crippen molar-refractivity contribution >= 4 is 41.0 Å². The average molecular weight is 433 g/mol. The van der Waals surface area contributed by atoms with E-state index in [-0.39, 0.29) is 11.4 Å². The molecule has 0 aromatic heterocycles. The number of hydrogen-bond acceptors (Lipinski definition) is 5. The van der Waals surface area contributed by atoms with Crippen molar-refractivity contribution in [2.24, 2.45) is 0 Å². The monoisotopic (exact) mass is 432 g/mol. The molecule has 29 heavy (non-hydrogen) atoms. The lowest BCUT2D eigenvalue weighted by Gasteiger charge is -2.15. The molecule has 1 unspecified atom stereocenters. The lowest BCUT2D eigenvalue weighted by Crippen LogP contribution is -2.31. The first-order valence-corrected chi connectivity index (χ1v) is 10.8. The van der Waals surface area contributed by atoms with Crippen molar-refractivity contribution in [2.45, 2.75) is 32.2 Å². The topological polar surface area (TPSA) is 59.6 Å². The van der Waals surface area contributed by atoms with Crippen LogP contribution in [0.1, 0.15) is 30.9 Å². The fourth-order valence-corrected chi connectivity index (χ4v) is 4.07. The maximum absolute atomic E-state index is 12.4. The molecule has 0 spiro atoms. The van der Waals surface area contributed by atoms with Crippen molar-refractivity contribution in [3.8, 4) is 11.5 Å². The number of amides is 1. The molecule has 1 fully saturated rings. The van der Waals surface area contributed by atoms with Crippen molar-refractivity contribution in [1.82, 2.24) is 5.32 Å². The number of aryl methyl sites for hydroxylation is 1. The summed E-state index contributed by atoms with van der Waals surface area (Å²) < 4.78 is 11.2. The molecule has 5 nitrogen and oxygen atoms in total. The van der Waals surface area contributed by atoms with E-state index in [1.54, 1.807) is 7.11 Å². The minimum absolute atomic E-state index is 0.110. The molecular weight excluding hydrogens is 408 g/mol. The summed E-state index contributed by atoms with van der Waals surface area (Å²) in [6, 6.07) is 11.3. The minimum Gasteiger partial charge on any atom is -0.493 e. The van der Waals surface area contributed by atoms with Gasteiger partial charge in [-0.1, -0.05) is 42.8 Å². The zero-order valence-electron chi connectivity index (χ0n) is 16.8. The van der Waals surface area contributed by atoms with Crippen LogP contribution in [0.3, 0.4) is 0 Å². The molecule has 0 saturated carbocycles. The highest BCUT2D eigenvalue weighted by Gasteiger charge is 2.27. The van der Waals surface area contributed by atoms with Gasteiger partial charge in [-0.25, -0.2) is 0 Å². The molecule has 7 heteroatoms. The number of halogens is 1. The molecular formula is C22H25ClN2O3S. The zero-order valence-corrected chi connectivity index (χ0v) is 18.3. The number of nitrogens with one attached hydrogen (secondary N) is 2. The fourth-order valence-electron chi connectivity index (χ4n) is 2.87.